The van der Waals surface area contributed by atoms with Gasteiger partial charge in [-0.15, -0.1) is 0 Å². The first kappa shape index (κ1) is 13.4. The number of nitrogens with two attached hydrogens (primary N) is 1. The summed E-state index contributed by atoms with van der Waals surface area (Å²) in [5.74, 6) is 2.05. The number of hydrogen-bond acceptors (Lipinski definition) is 2. The Morgan fingerprint density at radius 2 is 1.89 bits per heavy atom. The number of fused-ring (bicyclic) bond motifs is 1. The summed E-state index contributed by atoms with van der Waals surface area (Å²) < 4.78 is 0. The van der Waals surface area contributed by atoms with E-state index in [0.29, 0.717) is 17.9 Å². The number of nitrogens with zero attached hydrogens (tertiary/aromatic N) is 1. The molecule has 3 fully saturated rings. The highest BCUT2D eigenvalue weighted by atomic mass is 16.2. The van der Waals surface area contributed by atoms with Gasteiger partial charge in [0.25, 0.3) is 0 Å². The lowest BCUT2D eigenvalue weighted by Crippen LogP contribution is -2.50. The first-order valence-electron chi connectivity index (χ1n) is 8.21. The Hall–Kier alpha value is -0.570. The van der Waals surface area contributed by atoms with Crippen LogP contribution in [-0.4, -0.2) is 29.4 Å². The van der Waals surface area contributed by atoms with E-state index in [9.17, 15) is 4.79 Å². The SMILES string of the molecule is CC1CC(N)CC(C(=O)N2CCCC3CCCC32)C1. The van der Waals surface area contributed by atoms with Crippen molar-refractivity contribution in [1.82, 2.24) is 4.90 Å². The molecule has 1 heterocycles. The van der Waals surface area contributed by atoms with Gasteiger partial charge in [-0.25, -0.2) is 0 Å². The molecular weight excluding hydrogens is 236 g/mol. The van der Waals surface area contributed by atoms with Gasteiger partial charge in [0.1, 0.15) is 0 Å². The summed E-state index contributed by atoms with van der Waals surface area (Å²) in [6.07, 6.45) is 9.52. The van der Waals surface area contributed by atoms with Crippen LogP contribution in [0, 0.1) is 17.8 Å². The molecule has 1 aliphatic heterocycles. The van der Waals surface area contributed by atoms with Crippen LogP contribution in [0.5, 0.6) is 0 Å². The van der Waals surface area contributed by atoms with Crippen LogP contribution in [0.25, 0.3) is 0 Å². The first-order valence-corrected chi connectivity index (χ1v) is 8.21. The highest BCUT2D eigenvalue weighted by molar-refractivity contribution is 5.79. The van der Waals surface area contributed by atoms with Crippen molar-refractivity contribution < 1.29 is 4.79 Å². The minimum absolute atomic E-state index is 0.207. The van der Waals surface area contributed by atoms with Crippen molar-refractivity contribution >= 4 is 5.91 Å². The number of likely N-dealkylation sites (tertiary alicyclic amines) is 1. The molecule has 0 aromatic rings. The molecule has 0 aromatic heterocycles. The molecule has 1 saturated heterocycles. The maximum atomic E-state index is 12.9. The molecule has 19 heavy (non-hydrogen) atoms. The Kier molecular flexibility index (Phi) is 3.84. The van der Waals surface area contributed by atoms with Gasteiger partial charge in [-0.3, -0.25) is 4.79 Å². The topological polar surface area (TPSA) is 46.3 Å². The van der Waals surface area contributed by atoms with Gasteiger partial charge in [-0.2, -0.15) is 0 Å². The van der Waals surface area contributed by atoms with Gasteiger partial charge in [0.15, 0.2) is 0 Å². The fraction of sp³-hybridized carbons (Fsp3) is 0.938. The number of carbonyl (C=O) groups is 1. The van der Waals surface area contributed by atoms with Gasteiger partial charge in [-0.05, 0) is 56.8 Å². The Morgan fingerprint density at radius 1 is 1.11 bits per heavy atom. The summed E-state index contributed by atoms with van der Waals surface area (Å²) in [5, 5.41) is 0. The summed E-state index contributed by atoms with van der Waals surface area (Å²) >= 11 is 0. The van der Waals surface area contributed by atoms with Crippen molar-refractivity contribution in [1.29, 1.82) is 0 Å². The van der Waals surface area contributed by atoms with Gasteiger partial charge >= 0.3 is 0 Å². The zero-order valence-corrected chi connectivity index (χ0v) is 12.2. The predicted molar refractivity (Wildman–Crippen MR) is 76.6 cm³/mol. The molecule has 0 aromatic carbocycles. The smallest absolute Gasteiger partial charge is 0.226 e. The largest absolute Gasteiger partial charge is 0.339 e. The number of amides is 1. The fourth-order valence-electron chi connectivity index (χ4n) is 4.82. The monoisotopic (exact) mass is 264 g/mol. The van der Waals surface area contributed by atoms with E-state index in [4.69, 9.17) is 5.73 Å². The molecule has 2 N–H and O–H groups in total. The quantitative estimate of drug-likeness (QED) is 0.791. The minimum Gasteiger partial charge on any atom is -0.339 e. The molecular formula is C16H28N2O. The van der Waals surface area contributed by atoms with E-state index in [1.54, 1.807) is 0 Å². The van der Waals surface area contributed by atoms with Crippen molar-refractivity contribution in [2.45, 2.75) is 70.4 Å². The zero-order valence-electron chi connectivity index (χ0n) is 12.2. The number of hydrogen-bond donors (Lipinski definition) is 1. The Morgan fingerprint density at radius 3 is 2.68 bits per heavy atom. The lowest BCUT2D eigenvalue weighted by molar-refractivity contribution is -0.142. The van der Waals surface area contributed by atoms with Crippen molar-refractivity contribution in [3.63, 3.8) is 0 Å². The average Bonchev–Trinajstić information content (AvgIpc) is 2.84. The minimum atomic E-state index is 0.207. The number of piperidine rings is 1. The molecule has 2 saturated carbocycles. The van der Waals surface area contributed by atoms with Gasteiger partial charge in [0.05, 0.1) is 0 Å². The van der Waals surface area contributed by atoms with E-state index in [1.807, 2.05) is 0 Å². The average molecular weight is 264 g/mol. The lowest BCUT2D eigenvalue weighted by Gasteiger charge is -2.41. The zero-order chi connectivity index (χ0) is 13.4. The molecule has 0 bridgehead atoms. The highest BCUT2D eigenvalue weighted by Gasteiger charge is 2.40. The van der Waals surface area contributed by atoms with Crippen LogP contribution in [0.3, 0.4) is 0 Å². The second kappa shape index (κ2) is 5.43. The molecule has 3 aliphatic rings. The standard InChI is InChI=1S/C16H28N2O/c1-11-8-13(10-14(17)9-11)16(19)18-7-3-5-12-4-2-6-15(12)18/h11-15H,2-10,17H2,1H3. The van der Waals surface area contributed by atoms with Crippen LogP contribution in [0.2, 0.25) is 0 Å². The maximum absolute atomic E-state index is 12.9. The molecule has 0 radical (unpaired) electrons. The third-order valence-electron chi connectivity index (χ3n) is 5.60. The number of carbonyl (C=O) groups excluding carboxylic acids is 1. The van der Waals surface area contributed by atoms with E-state index in [-0.39, 0.29) is 12.0 Å². The van der Waals surface area contributed by atoms with Crippen molar-refractivity contribution in [3.05, 3.63) is 0 Å². The van der Waals surface area contributed by atoms with Gasteiger partial charge in [-0.1, -0.05) is 13.3 Å². The summed E-state index contributed by atoms with van der Waals surface area (Å²) in [4.78, 5) is 15.1. The molecule has 5 atom stereocenters. The highest BCUT2D eigenvalue weighted by Crippen LogP contribution is 2.39. The Bertz CT molecular complexity index is 334. The predicted octanol–water partition coefficient (Wildman–Crippen LogP) is 2.54. The van der Waals surface area contributed by atoms with E-state index < -0.39 is 0 Å². The molecule has 1 amide bonds. The van der Waals surface area contributed by atoms with Crippen LogP contribution < -0.4 is 5.73 Å². The molecule has 3 heteroatoms. The van der Waals surface area contributed by atoms with E-state index in [1.165, 1.54) is 32.1 Å². The molecule has 0 spiro atoms. The summed E-state index contributed by atoms with van der Waals surface area (Å²) in [6, 6.07) is 0.802. The van der Waals surface area contributed by atoms with E-state index in [2.05, 4.69) is 11.8 Å². The molecule has 3 nitrogen and oxygen atoms in total. The van der Waals surface area contributed by atoms with Crippen LogP contribution in [-0.2, 0) is 4.79 Å². The van der Waals surface area contributed by atoms with Gasteiger partial charge < -0.3 is 10.6 Å². The van der Waals surface area contributed by atoms with Crippen LogP contribution in [0.1, 0.15) is 58.3 Å². The van der Waals surface area contributed by atoms with Crippen LogP contribution in [0.4, 0.5) is 0 Å². The second-order valence-electron chi connectivity index (χ2n) is 7.20. The first-order chi connectivity index (χ1) is 9.15. The fourth-order valence-corrected chi connectivity index (χ4v) is 4.82. The Balaban J connectivity index is 1.68. The third-order valence-corrected chi connectivity index (χ3v) is 5.60. The number of rotatable bonds is 1. The summed E-state index contributed by atoms with van der Waals surface area (Å²) in [5.41, 5.74) is 6.12. The Labute approximate surface area is 116 Å². The van der Waals surface area contributed by atoms with Crippen molar-refractivity contribution in [2.24, 2.45) is 23.5 Å². The third kappa shape index (κ3) is 2.67. The van der Waals surface area contributed by atoms with Crippen LogP contribution in [0.15, 0.2) is 0 Å². The van der Waals surface area contributed by atoms with Crippen molar-refractivity contribution in [2.75, 3.05) is 6.54 Å². The normalized spacial score (nSPS) is 43.1. The van der Waals surface area contributed by atoms with E-state index >= 15 is 0 Å². The molecule has 2 aliphatic carbocycles. The lowest BCUT2D eigenvalue weighted by atomic mass is 9.78. The summed E-state index contributed by atoms with van der Waals surface area (Å²) in [7, 11) is 0. The van der Waals surface area contributed by atoms with Crippen LogP contribution >= 0.6 is 0 Å². The van der Waals surface area contributed by atoms with Crippen molar-refractivity contribution in [3.8, 4) is 0 Å². The molecule has 108 valence electrons. The maximum Gasteiger partial charge on any atom is 0.226 e. The van der Waals surface area contributed by atoms with E-state index in [0.717, 1.165) is 31.7 Å². The molecule has 3 rings (SSSR count). The van der Waals surface area contributed by atoms with Gasteiger partial charge in [0, 0.05) is 24.5 Å². The molecule has 5 unspecified atom stereocenters. The summed E-state index contributed by atoms with van der Waals surface area (Å²) in [6.45, 7) is 3.24. The van der Waals surface area contributed by atoms with Gasteiger partial charge in [0.2, 0.25) is 5.91 Å². The second-order valence-corrected chi connectivity index (χ2v) is 7.20.